The molecule has 290 valence electrons. The second kappa shape index (κ2) is 13.6. The van der Waals surface area contributed by atoms with Crippen LogP contribution in [0.25, 0.3) is 104 Å². The van der Waals surface area contributed by atoms with Gasteiger partial charge in [0.05, 0.1) is 22.1 Å². The fourth-order valence-corrected chi connectivity index (χ4v) is 9.81. The van der Waals surface area contributed by atoms with E-state index in [1.54, 1.807) is 0 Å². The third-order valence-electron chi connectivity index (χ3n) is 12.5. The topological polar surface area (TPSA) is 34.5 Å². The van der Waals surface area contributed by atoms with Crippen LogP contribution in [0.5, 0.6) is 0 Å². The molecule has 0 radical (unpaired) electrons. The van der Waals surface area contributed by atoms with E-state index >= 15 is 0 Å². The lowest BCUT2D eigenvalue weighted by Gasteiger charge is -2.27. The first-order valence-electron chi connectivity index (χ1n) is 21.1. The number of aromatic nitrogens is 1. The van der Waals surface area contributed by atoms with Crippen LogP contribution in [0.4, 0.5) is 17.1 Å². The molecular weight excluding hydrogens is 757 g/mol. The highest BCUT2D eigenvalue weighted by atomic mass is 16.3. The molecule has 10 aromatic carbocycles. The number of anilines is 3. The van der Waals surface area contributed by atoms with Crippen LogP contribution in [0, 0.1) is 0 Å². The van der Waals surface area contributed by atoms with Gasteiger partial charge >= 0.3 is 0 Å². The van der Waals surface area contributed by atoms with E-state index in [1.807, 2.05) is 12.1 Å². The van der Waals surface area contributed by atoms with Gasteiger partial charge in [0.15, 0.2) is 0 Å². The van der Waals surface area contributed by atoms with E-state index in [-0.39, 0.29) is 0 Å². The fraction of sp³-hybridized carbons (Fsp3) is 0. The Morgan fingerprint density at radius 1 is 0.355 bits per heavy atom. The third kappa shape index (κ3) is 5.27. The van der Waals surface area contributed by atoms with Gasteiger partial charge in [-0.1, -0.05) is 133 Å². The number of hydrogen-bond acceptors (Lipinski definition) is 3. The summed E-state index contributed by atoms with van der Waals surface area (Å²) >= 11 is 0. The average molecular weight is 793 g/mol. The molecule has 0 N–H and O–H groups in total. The van der Waals surface area contributed by atoms with Crippen molar-refractivity contribution in [2.75, 3.05) is 4.90 Å². The van der Waals surface area contributed by atoms with Crippen LogP contribution in [0.2, 0.25) is 0 Å². The number of fused-ring (bicyclic) bond motifs is 11. The molecule has 0 amide bonds. The molecule has 3 heterocycles. The molecule has 13 rings (SSSR count). The Morgan fingerprint density at radius 2 is 1.00 bits per heavy atom. The van der Waals surface area contributed by atoms with E-state index in [0.29, 0.717) is 0 Å². The maximum atomic E-state index is 6.77. The summed E-state index contributed by atoms with van der Waals surface area (Å²) in [4.78, 5) is 2.40. The SMILES string of the molecule is c1ccc(-n2c3ccccc3c3c(-c4cccc(N(c5cccc(-c6ccc7c(c6)oc6ccccc67)c5)c5cccc6oc7c8ccccc8ccc7c56)c4)cccc32)cc1. The Bertz CT molecular complexity index is 3890. The zero-order chi connectivity index (χ0) is 40.7. The van der Waals surface area contributed by atoms with Crippen LogP contribution in [0.15, 0.2) is 227 Å². The van der Waals surface area contributed by atoms with E-state index in [4.69, 9.17) is 8.83 Å². The lowest BCUT2D eigenvalue weighted by atomic mass is 9.98. The molecule has 0 fully saturated rings. The molecule has 4 heteroatoms. The van der Waals surface area contributed by atoms with Crippen molar-refractivity contribution < 1.29 is 8.83 Å². The van der Waals surface area contributed by atoms with Gasteiger partial charge in [0.1, 0.15) is 22.3 Å². The first kappa shape index (κ1) is 34.5. The van der Waals surface area contributed by atoms with Crippen molar-refractivity contribution in [1.29, 1.82) is 0 Å². The third-order valence-corrected chi connectivity index (χ3v) is 12.5. The summed E-state index contributed by atoms with van der Waals surface area (Å²) in [5, 5.41) is 9.11. The van der Waals surface area contributed by atoms with E-state index in [2.05, 4.69) is 216 Å². The van der Waals surface area contributed by atoms with E-state index in [0.717, 1.165) is 94.1 Å². The predicted molar refractivity (Wildman–Crippen MR) is 258 cm³/mol. The van der Waals surface area contributed by atoms with Crippen LogP contribution >= 0.6 is 0 Å². The summed E-state index contributed by atoms with van der Waals surface area (Å²) in [6.45, 7) is 0. The molecule has 0 spiro atoms. The molecular formula is C58H36N2O2. The molecule has 0 saturated carbocycles. The highest BCUT2D eigenvalue weighted by Crippen LogP contribution is 2.47. The van der Waals surface area contributed by atoms with Crippen LogP contribution in [-0.4, -0.2) is 4.57 Å². The lowest BCUT2D eigenvalue weighted by molar-refractivity contribution is 0.669. The van der Waals surface area contributed by atoms with Crippen LogP contribution in [-0.2, 0) is 0 Å². The maximum Gasteiger partial charge on any atom is 0.143 e. The first-order chi connectivity index (χ1) is 30.7. The van der Waals surface area contributed by atoms with Gasteiger partial charge in [-0.2, -0.15) is 0 Å². The lowest BCUT2D eigenvalue weighted by Crippen LogP contribution is -2.10. The van der Waals surface area contributed by atoms with Crippen LogP contribution in [0.1, 0.15) is 0 Å². The molecule has 0 saturated heterocycles. The minimum atomic E-state index is 0.847. The zero-order valence-corrected chi connectivity index (χ0v) is 33.5. The van der Waals surface area contributed by atoms with Crippen molar-refractivity contribution in [3.8, 4) is 27.9 Å². The minimum absolute atomic E-state index is 0.847. The van der Waals surface area contributed by atoms with Gasteiger partial charge in [0, 0.05) is 49.4 Å². The zero-order valence-electron chi connectivity index (χ0n) is 33.5. The Hall–Kier alpha value is -8.34. The van der Waals surface area contributed by atoms with Gasteiger partial charge in [0.2, 0.25) is 0 Å². The normalized spacial score (nSPS) is 11.9. The van der Waals surface area contributed by atoms with Crippen molar-refractivity contribution >= 4 is 93.5 Å². The number of nitrogens with zero attached hydrogens (tertiary/aromatic N) is 2. The van der Waals surface area contributed by atoms with Gasteiger partial charge in [-0.15, -0.1) is 0 Å². The molecule has 0 aliphatic carbocycles. The van der Waals surface area contributed by atoms with E-state index in [9.17, 15) is 0 Å². The Morgan fingerprint density at radius 3 is 1.89 bits per heavy atom. The molecule has 3 aromatic heterocycles. The summed E-state index contributed by atoms with van der Waals surface area (Å²) < 4.78 is 15.5. The smallest absolute Gasteiger partial charge is 0.143 e. The predicted octanol–water partition coefficient (Wildman–Crippen LogP) is 16.5. The second-order valence-corrected chi connectivity index (χ2v) is 16.0. The number of para-hydroxylation sites is 3. The van der Waals surface area contributed by atoms with Crippen molar-refractivity contribution in [3.05, 3.63) is 218 Å². The van der Waals surface area contributed by atoms with Crippen molar-refractivity contribution in [3.63, 3.8) is 0 Å². The van der Waals surface area contributed by atoms with E-state index in [1.165, 1.54) is 27.4 Å². The Labute approximate surface area is 356 Å². The second-order valence-electron chi connectivity index (χ2n) is 16.0. The largest absolute Gasteiger partial charge is 0.456 e. The molecule has 62 heavy (non-hydrogen) atoms. The van der Waals surface area contributed by atoms with Crippen molar-refractivity contribution in [2.45, 2.75) is 0 Å². The molecule has 0 aliphatic rings. The summed E-state index contributed by atoms with van der Waals surface area (Å²) in [5.74, 6) is 0. The Kier molecular flexibility index (Phi) is 7.57. The average Bonchev–Trinajstić information content (AvgIpc) is 4.02. The quantitative estimate of drug-likeness (QED) is 0.168. The molecule has 13 aromatic rings. The van der Waals surface area contributed by atoms with Gasteiger partial charge in [-0.05, 0) is 113 Å². The van der Waals surface area contributed by atoms with Gasteiger partial charge < -0.3 is 18.3 Å². The molecule has 0 atom stereocenters. The molecule has 0 aliphatic heterocycles. The monoisotopic (exact) mass is 792 g/mol. The summed E-state index contributed by atoms with van der Waals surface area (Å²) in [5.41, 5.74) is 14.6. The van der Waals surface area contributed by atoms with Crippen molar-refractivity contribution in [2.24, 2.45) is 0 Å². The molecule has 4 nitrogen and oxygen atoms in total. The highest BCUT2D eigenvalue weighted by molar-refractivity contribution is 6.20. The summed E-state index contributed by atoms with van der Waals surface area (Å²) in [6.07, 6.45) is 0. The van der Waals surface area contributed by atoms with Crippen LogP contribution in [0.3, 0.4) is 0 Å². The summed E-state index contributed by atoms with van der Waals surface area (Å²) in [6, 6.07) is 78.0. The van der Waals surface area contributed by atoms with Gasteiger partial charge in [-0.25, -0.2) is 0 Å². The van der Waals surface area contributed by atoms with Crippen LogP contribution < -0.4 is 4.90 Å². The van der Waals surface area contributed by atoms with Gasteiger partial charge in [0.25, 0.3) is 0 Å². The highest BCUT2D eigenvalue weighted by Gasteiger charge is 2.23. The molecule has 0 unspecified atom stereocenters. The van der Waals surface area contributed by atoms with E-state index < -0.39 is 0 Å². The van der Waals surface area contributed by atoms with Gasteiger partial charge in [-0.3, -0.25) is 0 Å². The minimum Gasteiger partial charge on any atom is -0.456 e. The number of furan rings is 2. The number of benzene rings is 10. The standard InChI is InChI=1S/C58H36N2O2/c1-2-17-41(18-3-1)60-50-25-8-6-23-48(50)56-44(24-12-26-51(56)60)40-16-11-20-43(35-40)59(52-27-13-29-54-57(52)49-33-30-37-14-4-5-21-45(37)58(49)62-54)42-19-10-15-38(34-42)39-31-32-47-46-22-7-9-28-53(46)61-55(47)36-39/h1-36H. The number of hydrogen-bond donors (Lipinski definition) is 0. The number of rotatable bonds is 6. The molecule has 0 bridgehead atoms. The maximum absolute atomic E-state index is 6.77. The van der Waals surface area contributed by atoms with Crippen molar-refractivity contribution in [1.82, 2.24) is 4.57 Å². The fourth-order valence-electron chi connectivity index (χ4n) is 9.81. The summed E-state index contributed by atoms with van der Waals surface area (Å²) in [7, 11) is 0. The Balaban J connectivity index is 1.04. The first-order valence-corrected chi connectivity index (χ1v) is 21.1.